The minimum absolute atomic E-state index is 0.0481. The first kappa shape index (κ1) is 20.9. The Morgan fingerprint density at radius 3 is 2.48 bits per heavy atom. The van der Waals surface area contributed by atoms with Gasteiger partial charge in [-0.2, -0.15) is 0 Å². The molecule has 0 saturated heterocycles. The van der Waals surface area contributed by atoms with Crippen LogP contribution < -0.4 is 5.32 Å². The number of aromatic nitrogens is 2. The molecule has 5 heteroatoms. The van der Waals surface area contributed by atoms with Gasteiger partial charge < -0.3 is 10.4 Å². The highest BCUT2D eigenvalue weighted by molar-refractivity contribution is 6.30. The number of benzene rings is 2. The van der Waals surface area contributed by atoms with Gasteiger partial charge in [0.2, 0.25) is 0 Å². The summed E-state index contributed by atoms with van der Waals surface area (Å²) in [6.45, 7) is 4.02. The van der Waals surface area contributed by atoms with Crippen molar-refractivity contribution in [2.75, 3.05) is 11.9 Å². The molecule has 31 heavy (non-hydrogen) atoms. The number of aliphatic hydroxyl groups is 1. The van der Waals surface area contributed by atoms with Crippen LogP contribution in [0.4, 0.5) is 5.82 Å². The summed E-state index contributed by atoms with van der Waals surface area (Å²) in [6.07, 6.45) is 1.82. The normalized spacial score (nSPS) is 11.6. The Hall–Kier alpha value is -3.39. The van der Waals surface area contributed by atoms with Gasteiger partial charge >= 0.3 is 0 Å². The molecule has 4 nitrogen and oxygen atoms in total. The van der Waals surface area contributed by atoms with Crippen molar-refractivity contribution in [3.05, 3.63) is 88.7 Å². The molecule has 0 bridgehead atoms. The van der Waals surface area contributed by atoms with Gasteiger partial charge in [-0.1, -0.05) is 35.7 Å². The van der Waals surface area contributed by atoms with E-state index in [2.05, 4.69) is 27.1 Å². The van der Waals surface area contributed by atoms with Gasteiger partial charge in [-0.05, 0) is 73.4 Å². The van der Waals surface area contributed by atoms with Gasteiger partial charge in [0.15, 0.2) is 0 Å². The van der Waals surface area contributed by atoms with Crippen LogP contribution in [0.5, 0.6) is 0 Å². The number of aliphatic hydroxyl groups excluding tert-OH is 1. The Morgan fingerprint density at radius 2 is 1.77 bits per heavy atom. The molecule has 0 amide bonds. The van der Waals surface area contributed by atoms with Crippen molar-refractivity contribution in [2.45, 2.75) is 19.9 Å². The van der Waals surface area contributed by atoms with Crippen LogP contribution in [0.3, 0.4) is 0 Å². The molecular formula is C26H22ClN3O. The van der Waals surface area contributed by atoms with E-state index in [4.69, 9.17) is 11.6 Å². The summed E-state index contributed by atoms with van der Waals surface area (Å²) >= 11 is 5.95. The topological polar surface area (TPSA) is 58.0 Å². The van der Waals surface area contributed by atoms with E-state index in [0.717, 1.165) is 39.0 Å². The molecule has 0 aliphatic carbocycles. The lowest BCUT2D eigenvalue weighted by Crippen LogP contribution is -2.20. The standard InChI is InChI=1S/C26H22ClN3O/c1-17-13-26(29-18(2)16-31)30-25-12-4-19(14-24(17)25)3-10-23-11-7-21(15-28-23)20-5-8-22(27)9-6-20/h4-9,11-15,18,31H,16H2,1-2H3,(H,29,30)/t18-/m1/s1. The number of fused-ring (bicyclic) bond motifs is 1. The smallest absolute Gasteiger partial charge is 0.127 e. The minimum atomic E-state index is -0.0481. The molecular weight excluding hydrogens is 406 g/mol. The largest absolute Gasteiger partial charge is 0.394 e. The van der Waals surface area contributed by atoms with Crippen LogP contribution in [0, 0.1) is 18.8 Å². The fraction of sp³-hybridized carbons (Fsp3) is 0.154. The van der Waals surface area contributed by atoms with Crippen LogP contribution in [0.1, 0.15) is 23.7 Å². The number of rotatable bonds is 4. The van der Waals surface area contributed by atoms with E-state index in [1.54, 1.807) is 0 Å². The van der Waals surface area contributed by atoms with Gasteiger partial charge in [-0.25, -0.2) is 9.97 Å². The van der Waals surface area contributed by atoms with Crippen molar-refractivity contribution < 1.29 is 5.11 Å². The van der Waals surface area contributed by atoms with E-state index >= 15 is 0 Å². The summed E-state index contributed by atoms with van der Waals surface area (Å²) in [7, 11) is 0. The molecule has 154 valence electrons. The molecule has 4 aromatic rings. The highest BCUT2D eigenvalue weighted by Gasteiger charge is 2.06. The first-order valence-electron chi connectivity index (χ1n) is 10.0. The molecule has 0 radical (unpaired) electrons. The van der Waals surface area contributed by atoms with Gasteiger partial charge in [0.05, 0.1) is 12.1 Å². The fourth-order valence-electron chi connectivity index (χ4n) is 3.26. The molecule has 0 fully saturated rings. The maximum Gasteiger partial charge on any atom is 0.127 e. The molecule has 0 unspecified atom stereocenters. The zero-order valence-electron chi connectivity index (χ0n) is 17.4. The van der Waals surface area contributed by atoms with Gasteiger partial charge in [0.1, 0.15) is 11.5 Å². The van der Waals surface area contributed by atoms with E-state index in [9.17, 15) is 5.11 Å². The monoisotopic (exact) mass is 427 g/mol. The number of nitrogens with zero attached hydrogens (tertiary/aromatic N) is 2. The van der Waals surface area contributed by atoms with E-state index in [-0.39, 0.29) is 12.6 Å². The van der Waals surface area contributed by atoms with Crippen molar-refractivity contribution in [1.29, 1.82) is 0 Å². The van der Waals surface area contributed by atoms with Crippen LogP contribution in [0.15, 0.2) is 66.9 Å². The third kappa shape index (κ3) is 5.03. The lowest BCUT2D eigenvalue weighted by atomic mass is 10.1. The molecule has 4 rings (SSSR count). The van der Waals surface area contributed by atoms with E-state index < -0.39 is 0 Å². The Kier molecular flexibility index (Phi) is 6.18. The van der Waals surface area contributed by atoms with Crippen LogP contribution in [-0.4, -0.2) is 27.7 Å². The lowest BCUT2D eigenvalue weighted by Gasteiger charge is -2.13. The Bertz CT molecular complexity index is 1270. The maximum absolute atomic E-state index is 9.24. The van der Waals surface area contributed by atoms with E-state index in [1.807, 2.05) is 80.7 Å². The molecule has 2 aromatic heterocycles. The number of halogens is 1. The second-order valence-electron chi connectivity index (χ2n) is 7.47. The summed E-state index contributed by atoms with van der Waals surface area (Å²) < 4.78 is 0. The SMILES string of the molecule is Cc1cc(N[C@H](C)CO)nc2ccc(C#Cc3ccc(-c4ccc(Cl)cc4)cn3)cc12. The molecule has 0 saturated carbocycles. The second-order valence-corrected chi connectivity index (χ2v) is 7.91. The number of nitrogens with one attached hydrogen (secondary N) is 1. The summed E-state index contributed by atoms with van der Waals surface area (Å²) in [6, 6.07) is 19.5. The third-order valence-electron chi connectivity index (χ3n) is 4.96. The Balaban J connectivity index is 1.56. The molecule has 2 aromatic carbocycles. The molecule has 0 aliphatic rings. The highest BCUT2D eigenvalue weighted by atomic mass is 35.5. The van der Waals surface area contributed by atoms with Gasteiger partial charge in [0, 0.05) is 33.8 Å². The van der Waals surface area contributed by atoms with Crippen molar-refractivity contribution in [3.8, 4) is 23.0 Å². The zero-order chi connectivity index (χ0) is 21.8. The summed E-state index contributed by atoms with van der Waals surface area (Å²) in [5.41, 5.74) is 5.71. The van der Waals surface area contributed by atoms with Crippen molar-refractivity contribution in [2.24, 2.45) is 0 Å². The van der Waals surface area contributed by atoms with Crippen LogP contribution in [-0.2, 0) is 0 Å². The Morgan fingerprint density at radius 1 is 1.00 bits per heavy atom. The average molecular weight is 428 g/mol. The van der Waals surface area contributed by atoms with Crippen LogP contribution >= 0.6 is 11.6 Å². The number of anilines is 1. The van der Waals surface area contributed by atoms with Crippen molar-refractivity contribution >= 4 is 28.3 Å². The quantitative estimate of drug-likeness (QED) is 0.425. The van der Waals surface area contributed by atoms with Crippen molar-refractivity contribution in [1.82, 2.24) is 9.97 Å². The number of hydrogen-bond donors (Lipinski definition) is 2. The number of pyridine rings is 2. The predicted molar refractivity (Wildman–Crippen MR) is 127 cm³/mol. The summed E-state index contributed by atoms with van der Waals surface area (Å²) in [5, 5.41) is 14.2. The maximum atomic E-state index is 9.24. The Labute approximate surface area is 187 Å². The zero-order valence-corrected chi connectivity index (χ0v) is 18.1. The van der Waals surface area contributed by atoms with Gasteiger partial charge in [-0.3, -0.25) is 0 Å². The third-order valence-corrected chi connectivity index (χ3v) is 5.21. The molecule has 1 atom stereocenters. The first-order chi connectivity index (χ1) is 15.0. The molecule has 0 spiro atoms. The molecule has 0 aliphatic heterocycles. The van der Waals surface area contributed by atoms with Crippen LogP contribution in [0.25, 0.3) is 22.0 Å². The first-order valence-corrected chi connectivity index (χ1v) is 10.4. The number of aryl methyl sites for hydroxylation is 1. The molecule has 2 N–H and O–H groups in total. The summed E-state index contributed by atoms with van der Waals surface area (Å²) in [4.78, 5) is 9.11. The fourth-order valence-corrected chi connectivity index (χ4v) is 3.39. The van der Waals surface area contributed by atoms with E-state index in [0.29, 0.717) is 10.7 Å². The number of hydrogen-bond acceptors (Lipinski definition) is 4. The van der Waals surface area contributed by atoms with E-state index in [1.165, 1.54) is 0 Å². The van der Waals surface area contributed by atoms with Gasteiger partial charge in [0.25, 0.3) is 0 Å². The second kappa shape index (κ2) is 9.18. The van der Waals surface area contributed by atoms with Crippen LogP contribution in [0.2, 0.25) is 5.02 Å². The summed E-state index contributed by atoms with van der Waals surface area (Å²) in [5.74, 6) is 7.09. The lowest BCUT2D eigenvalue weighted by molar-refractivity contribution is 0.281. The highest BCUT2D eigenvalue weighted by Crippen LogP contribution is 2.23. The predicted octanol–water partition coefficient (Wildman–Crippen LogP) is 5.45. The average Bonchev–Trinajstić information content (AvgIpc) is 2.79. The van der Waals surface area contributed by atoms with Crippen molar-refractivity contribution in [3.63, 3.8) is 0 Å². The van der Waals surface area contributed by atoms with Gasteiger partial charge in [-0.15, -0.1) is 0 Å². The minimum Gasteiger partial charge on any atom is -0.394 e. The molecule has 2 heterocycles.